The fourth-order valence-corrected chi connectivity index (χ4v) is 1.90. The van der Waals surface area contributed by atoms with E-state index in [0.717, 1.165) is 12.3 Å². The zero-order valence-electron chi connectivity index (χ0n) is 8.53. The number of nitrogens with two attached hydrogens (primary N) is 1. The fraction of sp³-hybridized carbons (Fsp3) is 0.375. The van der Waals surface area contributed by atoms with Gasteiger partial charge in [-0.3, -0.25) is 4.72 Å². The molecule has 0 bridgehead atoms. The normalized spacial score (nSPS) is 12.5. The summed E-state index contributed by atoms with van der Waals surface area (Å²) in [5.41, 5.74) is 3.95. The second kappa shape index (κ2) is 4.88. The highest BCUT2D eigenvalue weighted by Gasteiger charge is 2.32. The van der Waals surface area contributed by atoms with Crippen LogP contribution in [0.1, 0.15) is 5.69 Å². The molecule has 0 aliphatic carbocycles. The number of pyridine rings is 1. The minimum atomic E-state index is -4.55. The predicted octanol–water partition coefficient (Wildman–Crippen LogP) is 0.801. The Bertz CT molecular complexity index is 470. The minimum absolute atomic E-state index is 0.0357. The molecule has 1 rings (SSSR count). The summed E-state index contributed by atoms with van der Waals surface area (Å²) in [6.45, 7) is -0.0800. The largest absolute Gasteiger partial charge is 0.433 e. The first-order valence-corrected chi connectivity index (χ1v) is 6.13. The molecule has 0 aliphatic rings. The van der Waals surface area contributed by atoms with Crippen molar-refractivity contribution in [1.82, 2.24) is 4.98 Å². The highest BCUT2D eigenvalue weighted by Crippen LogP contribution is 2.27. The molecule has 0 fully saturated rings. The monoisotopic (exact) mass is 269 g/mol. The van der Waals surface area contributed by atoms with Crippen LogP contribution in [0.5, 0.6) is 0 Å². The van der Waals surface area contributed by atoms with E-state index in [1.165, 1.54) is 0 Å². The number of halogens is 3. The van der Waals surface area contributed by atoms with E-state index in [0.29, 0.717) is 6.07 Å². The second-order valence-corrected chi connectivity index (χ2v) is 4.98. The van der Waals surface area contributed by atoms with Gasteiger partial charge in [-0.1, -0.05) is 0 Å². The summed E-state index contributed by atoms with van der Waals surface area (Å²) in [6.07, 6.45) is -3.74. The summed E-state index contributed by atoms with van der Waals surface area (Å²) < 4.78 is 61.0. The van der Waals surface area contributed by atoms with Crippen LogP contribution in [0.4, 0.5) is 18.9 Å². The molecule has 0 unspecified atom stereocenters. The fourth-order valence-electron chi connectivity index (χ4n) is 1.01. The number of nitrogens with one attached hydrogen (secondary N) is 1. The quantitative estimate of drug-likeness (QED) is 0.846. The summed E-state index contributed by atoms with van der Waals surface area (Å²) in [7, 11) is -3.63. The highest BCUT2D eigenvalue weighted by molar-refractivity contribution is 7.92. The Morgan fingerprint density at radius 1 is 1.35 bits per heavy atom. The van der Waals surface area contributed by atoms with Crippen LogP contribution in [0.25, 0.3) is 0 Å². The molecule has 0 spiro atoms. The van der Waals surface area contributed by atoms with Crippen molar-refractivity contribution in [2.45, 2.75) is 6.18 Å². The van der Waals surface area contributed by atoms with Crippen LogP contribution in [0.3, 0.4) is 0 Å². The molecule has 9 heteroatoms. The van der Waals surface area contributed by atoms with Gasteiger partial charge in [-0.15, -0.1) is 0 Å². The zero-order valence-corrected chi connectivity index (χ0v) is 9.35. The van der Waals surface area contributed by atoms with Gasteiger partial charge in [0.2, 0.25) is 10.0 Å². The molecule has 0 aliphatic heterocycles. The van der Waals surface area contributed by atoms with Gasteiger partial charge in [-0.05, 0) is 12.1 Å². The Morgan fingerprint density at radius 3 is 2.41 bits per heavy atom. The van der Waals surface area contributed by atoms with Gasteiger partial charge in [-0.2, -0.15) is 13.2 Å². The third-order valence-corrected chi connectivity index (χ3v) is 3.03. The predicted molar refractivity (Wildman–Crippen MR) is 55.7 cm³/mol. The summed E-state index contributed by atoms with van der Waals surface area (Å²) >= 11 is 0. The van der Waals surface area contributed by atoms with Gasteiger partial charge in [0, 0.05) is 6.54 Å². The van der Waals surface area contributed by atoms with Crippen LogP contribution >= 0.6 is 0 Å². The third-order valence-electron chi connectivity index (χ3n) is 1.71. The lowest BCUT2D eigenvalue weighted by Crippen LogP contribution is -2.22. The third kappa shape index (κ3) is 4.19. The molecule has 5 nitrogen and oxygen atoms in total. The molecule has 1 aromatic rings. The average molecular weight is 269 g/mol. The molecule has 96 valence electrons. The van der Waals surface area contributed by atoms with E-state index in [2.05, 4.69) is 9.71 Å². The van der Waals surface area contributed by atoms with Gasteiger partial charge in [0.05, 0.1) is 17.6 Å². The zero-order chi connectivity index (χ0) is 13.1. The van der Waals surface area contributed by atoms with E-state index in [9.17, 15) is 21.6 Å². The van der Waals surface area contributed by atoms with Crippen molar-refractivity contribution in [3.63, 3.8) is 0 Å². The Morgan fingerprint density at radius 2 is 2.00 bits per heavy atom. The van der Waals surface area contributed by atoms with E-state index >= 15 is 0 Å². The summed E-state index contributed by atoms with van der Waals surface area (Å²) in [6, 6.07) is 1.68. The first-order valence-electron chi connectivity index (χ1n) is 4.48. The van der Waals surface area contributed by atoms with E-state index in [1.807, 2.05) is 0 Å². The van der Waals surface area contributed by atoms with Crippen LogP contribution < -0.4 is 10.5 Å². The molecular formula is C8H10F3N3O2S. The highest BCUT2D eigenvalue weighted by atomic mass is 32.2. The lowest BCUT2D eigenvalue weighted by molar-refractivity contribution is -0.141. The molecule has 0 saturated heterocycles. The number of rotatable bonds is 4. The van der Waals surface area contributed by atoms with Crippen LogP contribution in [0.2, 0.25) is 0 Å². The molecule has 1 heterocycles. The molecule has 17 heavy (non-hydrogen) atoms. The lowest BCUT2D eigenvalue weighted by Gasteiger charge is -2.08. The van der Waals surface area contributed by atoms with Crippen LogP contribution in [-0.2, 0) is 16.2 Å². The van der Waals surface area contributed by atoms with Crippen molar-refractivity contribution in [3.8, 4) is 0 Å². The molecule has 0 aromatic carbocycles. The van der Waals surface area contributed by atoms with Crippen molar-refractivity contribution < 1.29 is 21.6 Å². The van der Waals surface area contributed by atoms with Crippen molar-refractivity contribution in [2.24, 2.45) is 5.73 Å². The maximum atomic E-state index is 12.2. The van der Waals surface area contributed by atoms with E-state index in [4.69, 9.17) is 5.73 Å². The maximum Gasteiger partial charge on any atom is 0.433 e. The Kier molecular flexibility index (Phi) is 3.94. The van der Waals surface area contributed by atoms with Crippen molar-refractivity contribution in [2.75, 3.05) is 17.0 Å². The van der Waals surface area contributed by atoms with Crippen LogP contribution in [0, 0.1) is 0 Å². The molecule has 0 saturated carbocycles. The van der Waals surface area contributed by atoms with Gasteiger partial charge >= 0.3 is 6.18 Å². The van der Waals surface area contributed by atoms with Crippen LogP contribution in [0.15, 0.2) is 18.3 Å². The van der Waals surface area contributed by atoms with Crippen molar-refractivity contribution >= 4 is 15.7 Å². The number of anilines is 1. The Balaban J connectivity index is 2.83. The topological polar surface area (TPSA) is 85.1 Å². The number of aromatic nitrogens is 1. The Labute approximate surface area is 95.9 Å². The van der Waals surface area contributed by atoms with Gasteiger partial charge < -0.3 is 5.73 Å². The van der Waals surface area contributed by atoms with Gasteiger partial charge in [0.1, 0.15) is 5.69 Å². The number of hydrogen-bond acceptors (Lipinski definition) is 4. The molecule has 0 amide bonds. The standard InChI is InChI=1S/C8H10F3N3O2S/c9-8(10,11)7-2-1-6(5-13-7)14-17(15,16)4-3-12/h1-2,5,14H,3-4,12H2. The van der Waals surface area contributed by atoms with E-state index < -0.39 is 21.9 Å². The van der Waals surface area contributed by atoms with Crippen LogP contribution in [-0.4, -0.2) is 25.7 Å². The summed E-state index contributed by atoms with van der Waals surface area (Å²) in [4.78, 5) is 3.11. The van der Waals surface area contributed by atoms with Gasteiger partial charge in [0.15, 0.2) is 0 Å². The van der Waals surface area contributed by atoms with Crippen molar-refractivity contribution in [3.05, 3.63) is 24.0 Å². The molecule has 3 N–H and O–H groups in total. The molecule has 0 radical (unpaired) electrons. The maximum absolute atomic E-state index is 12.2. The lowest BCUT2D eigenvalue weighted by atomic mass is 10.3. The van der Waals surface area contributed by atoms with Crippen molar-refractivity contribution in [1.29, 1.82) is 0 Å². The number of alkyl halides is 3. The molecule has 1 aromatic heterocycles. The second-order valence-electron chi connectivity index (χ2n) is 3.14. The van der Waals surface area contributed by atoms with Gasteiger partial charge in [0.25, 0.3) is 0 Å². The number of nitrogens with zero attached hydrogens (tertiary/aromatic N) is 1. The molecule has 0 atom stereocenters. The van der Waals surface area contributed by atoms with E-state index in [-0.39, 0.29) is 18.0 Å². The average Bonchev–Trinajstić information content (AvgIpc) is 2.16. The first-order chi connectivity index (χ1) is 7.74. The smallest absolute Gasteiger partial charge is 0.329 e. The number of sulfonamides is 1. The minimum Gasteiger partial charge on any atom is -0.329 e. The first kappa shape index (κ1) is 13.7. The van der Waals surface area contributed by atoms with E-state index in [1.54, 1.807) is 0 Å². The molecular weight excluding hydrogens is 259 g/mol. The SMILES string of the molecule is NCCS(=O)(=O)Nc1ccc(C(F)(F)F)nc1. The summed E-state index contributed by atoms with van der Waals surface area (Å²) in [5.74, 6) is -0.311. The summed E-state index contributed by atoms with van der Waals surface area (Å²) in [5, 5.41) is 0. The number of hydrogen-bond donors (Lipinski definition) is 2. The Hall–Kier alpha value is -1.35. The van der Waals surface area contributed by atoms with Gasteiger partial charge in [-0.25, -0.2) is 13.4 Å².